The molecule has 2 atom stereocenters. The number of benzene rings is 2. The molecule has 192 valence electrons. The number of anilines is 2. The number of hydrogen-bond donors (Lipinski definition) is 1. The van der Waals surface area contributed by atoms with Gasteiger partial charge in [0.05, 0.1) is 43.9 Å². The maximum absolute atomic E-state index is 15.1. The van der Waals surface area contributed by atoms with E-state index in [0.717, 1.165) is 12.1 Å². The summed E-state index contributed by atoms with van der Waals surface area (Å²) in [5.74, 6) is -1.71. The number of carbonyl (C=O) groups excluding carboxylic acids is 3. The number of amides is 3. The first-order valence-electron chi connectivity index (χ1n) is 11.5. The van der Waals surface area contributed by atoms with Crippen LogP contribution in [0.15, 0.2) is 55.1 Å². The molecule has 3 aromatic rings. The lowest BCUT2D eigenvalue weighted by Gasteiger charge is -2.16. The number of imidazole rings is 1. The summed E-state index contributed by atoms with van der Waals surface area (Å²) in [6.45, 7) is 2.27. The molecule has 0 spiro atoms. The highest BCUT2D eigenvalue weighted by atomic mass is 19.1. The summed E-state index contributed by atoms with van der Waals surface area (Å²) in [5, 5.41) is 2.57. The zero-order valence-electron chi connectivity index (χ0n) is 19.8. The predicted octanol–water partition coefficient (Wildman–Crippen LogP) is 3.32. The second kappa shape index (κ2) is 9.88. The number of ether oxygens (including phenoxy) is 2. The number of rotatable bonds is 7. The fourth-order valence-electron chi connectivity index (χ4n) is 4.33. The van der Waals surface area contributed by atoms with Crippen molar-refractivity contribution in [2.24, 2.45) is 0 Å². The Morgan fingerprint density at radius 3 is 2.05 bits per heavy atom. The Morgan fingerprint density at radius 1 is 0.973 bits per heavy atom. The maximum Gasteiger partial charge on any atom is 0.414 e. The number of hydrogen-bond acceptors (Lipinski definition) is 6. The molecule has 2 aliphatic rings. The minimum Gasteiger partial charge on any atom is -0.442 e. The van der Waals surface area contributed by atoms with E-state index >= 15 is 8.78 Å². The lowest BCUT2D eigenvalue weighted by molar-refractivity contribution is -0.119. The summed E-state index contributed by atoms with van der Waals surface area (Å²) in [6.07, 6.45) is 2.73. The fourth-order valence-corrected chi connectivity index (χ4v) is 4.33. The van der Waals surface area contributed by atoms with Crippen molar-refractivity contribution in [3.05, 3.63) is 66.8 Å². The van der Waals surface area contributed by atoms with Gasteiger partial charge in [0, 0.05) is 30.4 Å². The van der Waals surface area contributed by atoms with Gasteiger partial charge < -0.3 is 19.4 Å². The molecule has 3 heterocycles. The fraction of sp³-hybridized carbons (Fsp3) is 0.280. The molecule has 0 aliphatic carbocycles. The molecule has 2 fully saturated rings. The number of halogens is 2. The molecule has 5 rings (SSSR count). The van der Waals surface area contributed by atoms with Gasteiger partial charge in [-0.05, 0) is 36.4 Å². The molecule has 1 aromatic heterocycles. The second-order valence-corrected chi connectivity index (χ2v) is 8.76. The molecule has 2 aliphatic heterocycles. The molecule has 10 nitrogen and oxygen atoms in total. The van der Waals surface area contributed by atoms with Gasteiger partial charge in [-0.2, -0.15) is 0 Å². The second-order valence-electron chi connectivity index (χ2n) is 8.76. The minimum atomic E-state index is -0.733. The van der Waals surface area contributed by atoms with Crippen molar-refractivity contribution in [2.45, 2.75) is 25.7 Å². The van der Waals surface area contributed by atoms with Crippen LogP contribution in [0.4, 0.5) is 29.7 Å². The summed E-state index contributed by atoms with van der Waals surface area (Å²) in [5.41, 5.74) is 0.541. The van der Waals surface area contributed by atoms with Crippen LogP contribution in [0.5, 0.6) is 0 Å². The van der Waals surface area contributed by atoms with E-state index < -0.39 is 36.0 Å². The van der Waals surface area contributed by atoms with Crippen molar-refractivity contribution in [3.8, 4) is 11.1 Å². The third kappa shape index (κ3) is 5.08. The lowest BCUT2D eigenvalue weighted by Crippen LogP contribution is -2.33. The normalized spacial score (nSPS) is 19.2. The zero-order valence-corrected chi connectivity index (χ0v) is 19.8. The number of carbonyl (C=O) groups is 3. The van der Waals surface area contributed by atoms with Crippen LogP contribution in [0.25, 0.3) is 11.1 Å². The summed E-state index contributed by atoms with van der Waals surface area (Å²) in [6, 6.07) is 8.08. The standard InChI is InChI=1S/C25H23F2N5O5/c1-15(33)29-10-18-12-31(24(34)36-18)16-2-4-20(22(26)8-16)21-5-3-17(9-23(21)27)32-13-19(37-25(32)35)11-30-7-6-28-14-30/h2-9,14,18-19H,10-13H2,1H3,(H,29,33)/t18-,19-/m0/s1. The molecule has 0 bridgehead atoms. The topological polar surface area (TPSA) is 106 Å². The highest BCUT2D eigenvalue weighted by molar-refractivity contribution is 5.91. The van der Waals surface area contributed by atoms with Crippen LogP contribution >= 0.6 is 0 Å². The number of cyclic esters (lactones) is 2. The first kappa shape index (κ1) is 24.2. The molecule has 0 unspecified atom stereocenters. The van der Waals surface area contributed by atoms with E-state index in [9.17, 15) is 14.4 Å². The van der Waals surface area contributed by atoms with Crippen molar-refractivity contribution in [3.63, 3.8) is 0 Å². The Labute approximate surface area is 210 Å². The van der Waals surface area contributed by atoms with Gasteiger partial charge in [0.1, 0.15) is 23.8 Å². The first-order valence-corrected chi connectivity index (χ1v) is 11.5. The largest absolute Gasteiger partial charge is 0.442 e. The summed E-state index contributed by atoms with van der Waals surface area (Å²) < 4.78 is 42.5. The van der Waals surface area contributed by atoms with E-state index in [1.807, 2.05) is 0 Å². The van der Waals surface area contributed by atoms with Crippen LogP contribution in [0, 0.1) is 11.6 Å². The van der Waals surface area contributed by atoms with E-state index in [4.69, 9.17) is 9.47 Å². The van der Waals surface area contributed by atoms with Gasteiger partial charge in [0.25, 0.3) is 0 Å². The van der Waals surface area contributed by atoms with Gasteiger partial charge in [0.2, 0.25) is 5.91 Å². The lowest BCUT2D eigenvalue weighted by atomic mass is 10.0. The monoisotopic (exact) mass is 511 g/mol. The van der Waals surface area contributed by atoms with Crippen LogP contribution < -0.4 is 15.1 Å². The maximum atomic E-state index is 15.1. The molecule has 1 N–H and O–H groups in total. The Balaban J connectivity index is 1.29. The third-order valence-electron chi connectivity index (χ3n) is 6.12. The third-order valence-corrected chi connectivity index (χ3v) is 6.12. The van der Waals surface area contributed by atoms with Crippen molar-refractivity contribution in [2.75, 3.05) is 29.4 Å². The van der Waals surface area contributed by atoms with Crippen molar-refractivity contribution >= 4 is 29.5 Å². The van der Waals surface area contributed by atoms with Crippen LogP contribution in [0.1, 0.15) is 6.92 Å². The minimum absolute atomic E-state index is 0.00264. The van der Waals surface area contributed by atoms with Gasteiger partial charge in [-0.3, -0.25) is 14.6 Å². The first-order chi connectivity index (χ1) is 17.8. The molecule has 12 heteroatoms. The van der Waals surface area contributed by atoms with E-state index in [-0.39, 0.29) is 42.4 Å². The molecule has 2 saturated heterocycles. The number of nitrogens with zero attached hydrogens (tertiary/aromatic N) is 4. The van der Waals surface area contributed by atoms with Gasteiger partial charge >= 0.3 is 12.2 Å². The van der Waals surface area contributed by atoms with E-state index in [0.29, 0.717) is 12.2 Å². The Hall–Kier alpha value is -4.48. The van der Waals surface area contributed by atoms with Crippen LogP contribution in [-0.4, -0.2) is 59.5 Å². The van der Waals surface area contributed by atoms with Crippen LogP contribution in [0.3, 0.4) is 0 Å². The molecule has 0 saturated carbocycles. The SMILES string of the molecule is CC(=O)NC[C@H]1CN(c2ccc(-c3ccc(N4C[C@H](Cn5ccnc5)OC4=O)cc3F)c(F)c2)C(=O)O1. The van der Waals surface area contributed by atoms with E-state index in [2.05, 4.69) is 10.3 Å². The number of nitrogens with one attached hydrogen (secondary N) is 1. The Kier molecular flexibility index (Phi) is 6.47. The summed E-state index contributed by atoms with van der Waals surface area (Å²) in [4.78, 5) is 42.2. The molecular formula is C25H23F2N5O5. The smallest absolute Gasteiger partial charge is 0.414 e. The molecule has 2 aromatic carbocycles. The molecule has 0 radical (unpaired) electrons. The predicted molar refractivity (Wildman–Crippen MR) is 128 cm³/mol. The number of aromatic nitrogens is 2. The summed E-state index contributed by atoms with van der Waals surface area (Å²) >= 11 is 0. The van der Waals surface area contributed by atoms with Crippen molar-refractivity contribution in [1.29, 1.82) is 0 Å². The average Bonchev–Trinajstić information content (AvgIpc) is 3.59. The molecule has 3 amide bonds. The average molecular weight is 511 g/mol. The van der Waals surface area contributed by atoms with Crippen molar-refractivity contribution < 1.29 is 32.6 Å². The van der Waals surface area contributed by atoms with E-state index in [1.165, 1.54) is 41.0 Å². The van der Waals surface area contributed by atoms with E-state index in [1.54, 1.807) is 23.3 Å². The van der Waals surface area contributed by atoms with Crippen molar-refractivity contribution in [1.82, 2.24) is 14.9 Å². The zero-order chi connectivity index (χ0) is 26.1. The molecular weight excluding hydrogens is 488 g/mol. The van der Waals surface area contributed by atoms with Crippen LogP contribution in [0.2, 0.25) is 0 Å². The van der Waals surface area contributed by atoms with Gasteiger partial charge in [-0.25, -0.2) is 23.4 Å². The van der Waals surface area contributed by atoms with Gasteiger partial charge in [-0.15, -0.1) is 0 Å². The molecule has 37 heavy (non-hydrogen) atoms. The van der Waals surface area contributed by atoms with Crippen LogP contribution in [-0.2, 0) is 20.8 Å². The quantitative estimate of drug-likeness (QED) is 0.522. The van der Waals surface area contributed by atoms with Gasteiger partial charge in [-0.1, -0.05) is 0 Å². The Morgan fingerprint density at radius 2 is 1.54 bits per heavy atom. The van der Waals surface area contributed by atoms with Gasteiger partial charge in [0.15, 0.2) is 0 Å². The highest BCUT2D eigenvalue weighted by Crippen LogP contribution is 2.33. The summed E-state index contributed by atoms with van der Waals surface area (Å²) in [7, 11) is 0. The highest BCUT2D eigenvalue weighted by Gasteiger charge is 2.34. The Bertz CT molecular complexity index is 1350.